The first-order chi connectivity index (χ1) is 7.87. The van der Waals surface area contributed by atoms with Gasteiger partial charge in [-0.1, -0.05) is 6.92 Å². The fourth-order valence-corrected chi connectivity index (χ4v) is 3.27. The SMILES string of the molecule is CC1CC1C(=O)N1CCCC(NS(C)(=O)=O)C1. The van der Waals surface area contributed by atoms with E-state index in [1.807, 2.05) is 4.90 Å². The van der Waals surface area contributed by atoms with Gasteiger partial charge in [-0.25, -0.2) is 13.1 Å². The van der Waals surface area contributed by atoms with E-state index >= 15 is 0 Å². The van der Waals surface area contributed by atoms with E-state index in [1.165, 1.54) is 0 Å². The predicted molar refractivity (Wildman–Crippen MR) is 64.9 cm³/mol. The first-order valence-corrected chi connectivity index (χ1v) is 8.02. The Kier molecular flexibility index (Phi) is 3.45. The lowest BCUT2D eigenvalue weighted by Crippen LogP contribution is -2.49. The van der Waals surface area contributed by atoms with Crippen LogP contribution in [0.1, 0.15) is 26.2 Å². The zero-order valence-electron chi connectivity index (χ0n) is 10.3. The Morgan fingerprint density at radius 3 is 2.59 bits per heavy atom. The fraction of sp³-hybridized carbons (Fsp3) is 0.909. The number of nitrogens with one attached hydrogen (secondary N) is 1. The van der Waals surface area contributed by atoms with Gasteiger partial charge < -0.3 is 4.90 Å². The highest BCUT2D eigenvalue weighted by atomic mass is 32.2. The van der Waals surface area contributed by atoms with E-state index in [0.29, 0.717) is 12.5 Å². The number of hydrogen-bond donors (Lipinski definition) is 1. The zero-order chi connectivity index (χ0) is 12.6. The minimum absolute atomic E-state index is 0.114. The largest absolute Gasteiger partial charge is 0.341 e. The smallest absolute Gasteiger partial charge is 0.226 e. The van der Waals surface area contributed by atoms with Gasteiger partial charge in [-0.15, -0.1) is 0 Å². The van der Waals surface area contributed by atoms with Gasteiger partial charge in [0.15, 0.2) is 0 Å². The summed E-state index contributed by atoms with van der Waals surface area (Å²) in [6, 6.07) is -0.114. The molecule has 1 N–H and O–H groups in total. The molecule has 0 aromatic heterocycles. The molecule has 3 atom stereocenters. The molecule has 2 fully saturated rings. The van der Waals surface area contributed by atoms with E-state index in [9.17, 15) is 13.2 Å². The Morgan fingerprint density at radius 1 is 1.41 bits per heavy atom. The summed E-state index contributed by atoms with van der Waals surface area (Å²) in [6.07, 6.45) is 3.84. The van der Waals surface area contributed by atoms with Gasteiger partial charge in [-0.2, -0.15) is 0 Å². The van der Waals surface area contributed by atoms with Gasteiger partial charge in [-0.3, -0.25) is 4.79 Å². The second-order valence-electron chi connectivity index (χ2n) is 5.33. The summed E-state index contributed by atoms with van der Waals surface area (Å²) in [7, 11) is -3.18. The number of sulfonamides is 1. The third-order valence-corrected chi connectivity index (χ3v) is 4.30. The number of amides is 1. The predicted octanol–water partition coefficient (Wildman–Crippen LogP) is 0.183. The molecule has 5 nitrogen and oxygen atoms in total. The molecule has 0 aromatic rings. The van der Waals surface area contributed by atoms with E-state index in [1.54, 1.807) is 0 Å². The molecule has 0 aromatic carbocycles. The standard InChI is InChI=1S/C11H20N2O3S/c1-8-6-10(8)11(14)13-5-3-4-9(7-13)12-17(2,15)16/h8-10,12H,3-7H2,1-2H3. The molecule has 1 aliphatic carbocycles. The quantitative estimate of drug-likeness (QED) is 0.787. The Balaban J connectivity index is 1.90. The number of nitrogens with zero attached hydrogens (tertiary/aromatic N) is 1. The number of carbonyl (C=O) groups excluding carboxylic acids is 1. The lowest BCUT2D eigenvalue weighted by Gasteiger charge is -2.33. The second kappa shape index (κ2) is 4.57. The maximum Gasteiger partial charge on any atom is 0.226 e. The molecule has 0 spiro atoms. The van der Waals surface area contributed by atoms with Crippen molar-refractivity contribution >= 4 is 15.9 Å². The molecule has 0 radical (unpaired) electrons. The van der Waals surface area contributed by atoms with Gasteiger partial charge in [-0.05, 0) is 25.2 Å². The van der Waals surface area contributed by atoms with Crippen molar-refractivity contribution in [1.29, 1.82) is 0 Å². The molecule has 1 aliphatic heterocycles. The summed E-state index contributed by atoms with van der Waals surface area (Å²) >= 11 is 0. The summed E-state index contributed by atoms with van der Waals surface area (Å²) in [4.78, 5) is 13.9. The number of carbonyl (C=O) groups is 1. The Labute approximate surface area is 103 Å². The Bertz CT molecular complexity index is 407. The van der Waals surface area contributed by atoms with E-state index in [2.05, 4.69) is 11.6 Å². The van der Waals surface area contributed by atoms with Gasteiger partial charge >= 0.3 is 0 Å². The van der Waals surface area contributed by atoms with E-state index in [-0.39, 0.29) is 17.9 Å². The van der Waals surface area contributed by atoms with Crippen LogP contribution >= 0.6 is 0 Å². The van der Waals surface area contributed by atoms with Crippen molar-refractivity contribution in [2.24, 2.45) is 11.8 Å². The van der Waals surface area contributed by atoms with Crippen molar-refractivity contribution in [1.82, 2.24) is 9.62 Å². The highest BCUT2D eigenvalue weighted by Crippen LogP contribution is 2.39. The van der Waals surface area contributed by atoms with Crippen LogP contribution in [0.5, 0.6) is 0 Å². The second-order valence-corrected chi connectivity index (χ2v) is 7.11. The molecule has 1 heterocycles. The topological polar surface area (TPSA) is 66.5 Å². The van der Waals surface area contributed by atoms with Gasteiger partial charge in [0.25, 0.3) is 0 Å². The van der Waals surface area contributed by atoms with Crippen molar-refractivity contribution in [3.05, 3.63) is 0 Å². The fourth-order valence-electron chi connectivity index (χ4n) is 2.48. The van der Waals surface area contributed by atoms with Crippen LogP contribution in [0, 0.1) is 11.8 Å². The maximum atomic E-state index is 12.0. The number of rotatable bonds is 3. The average Bonchev–Trinajstić information content (AvgIpc) is 2.92. The minimum atomic E-state index is -3.18. The van der Waals surface area contributed by atoms with Gasteiger partial charge in [0.2, 0.25) is 15.9 Å². The van der Waals surface area contributed by atoms with Crippen LogP contribution < -0.4 is 4.72 Å². The van der Waals surface area contributed by atoms with Crippen LogP contribution in [0.25, 0.3) is 0 Å². The highest BCUT2D eigenvalue weighted by molar-refractivity contribution is 7.88. The first kappa shape index (κ1) is 12.8. The van der Waals surface area contributed by atoms with Crippen LogP contribution in [0.2, 0.25) is 0 Å². The van der Waals surface area contributed by atoms with E-state index in [4.69, 9.17) is 0 Å². The van der Waals surface area contributed by atoms with Crippen molar-refractivity contribution in [2.45, 2.75) is 32.2 Å². The van der Waals surface area contributed by atoms with Gasteiger partial charge in [0, 0.05) is 25.0 Å². The monoisotopic (exact) mass is 260 g/mol. The normalized spacial score (nSPS) is 33.5. The summed E-state index contributed by atoms with van der Waals surface area (Å²) in [6.45, 7) is 3.37. The molecular weight excluding hydrogens is 240 g/mol. The summed E-state index contributed by atoms with van der Waals surface area (Å²) in [5.41, 5.74) is 0. The molecule has 98 valence electrons. The average molecular weight is 260 g/mol. The lowest BCUT2D eigenvalue weighted by atomic mass is 10.1. The van der Waals surface area contributed by atoms with Crippen LogP contribution in [0.15, 0.2) is 0 Å². The molecule has 2 rings (SSSR count). The Hall–Kier alpha value is -0.620. The van der Waals surface area contributed by atoms with E-state index < -0.39 is 10.0 Å². The summed E-state index contributed by atoms with van der Waals surface area (Å²) < 4.78 is 24.9. The third-order valence-electron chi connectivity index (χ3n) is 3.54. The molecule has 1 amide bonds. The van der Waals surface area contributed by atoms with Gasteiger partial charge in [0.1, 0.15) is 0 Å². The lowest BCUT2D eigenvalue weighted by molar-refractivity contribution is -0.134. The molecule has 3 unspecified atom stereocenters. The van der Waals surface area contributed by atoms with Crippen LogP contribution in [-0.4, -0.2) is 44.6 Å². The maximum absolute atomic E-state index is 12.0. The molecule has 2 aliphatic rings. The number of hydrogen-bond acceptors (Lipinski definition) is 3. The zero-order valence-corrected chi connectivity index (χ0v) is 11.2. The van der Waals surface area contributed by atoms with Crippen molar-refractivity contribution in [3.63, 3.8) is 0 Å². The molecule has 6 heteroatoms. The number of likely N-dealkylation sites (tertiary alicyclic amines) is 1. The first-order valence-electron chi connectivity index (χ1n) is 6.13. The number of piperidine rings is 1. The van der Waals surface area contributed by atoms with Crippen molar-refractivity contribution in [2.75, 3.05) is 19.3 Å². The third kappa shape index (κ3) is 3.42. The van der Waals surface area contributed by atoms with Crippen LogP contribution in [-0.2, 0) is 14.8 Å². The Morgan fingerprint density at radius 2 is 2.06 bits per heavy atom. The summed E-state index contributed by atoms with van der Waals surface area (Å²) in [5, 5.41) is 0. The van der Waals surface area contributed by atoms with Crippen molar-refractivity contribution < 1.29 is 13.2 Å². The molecule has 17 heavy (non-hydrogen) atoms. The highest BCUT2D eigenvalue weighted by Gasteiger charge is 2.42. The minimum Gasteiger partial charge on any atom is -0.341 e. The molecule has 1 saturated carbocycles. The molecular formula is C11H20N2O3S. The van der Waals surface area contributed by atoms with Crippen LogP contribution in [0.4, 0.5) is 0 Å². The van der Waals surface area contributed by atoms with E-state index in [0.717, 1.165) is 32.1 Å². The van der Waals surface area contributed by atoms with Gasteiger partial charge in [0.05, 0.1) is 6.26 Å². The summed E-state index contributed by atoms with van der Waals surface area (Å²) in [5.74, 6) is 0.898. The van der Waals surface area contributed by atoms with Crippen molar-refractivity contribution in [3.8, 4) is 0 Å². The molecule has 0 bridgehead atoms. The molecule has 1 saturated heterocycles. The van der Waals surface area contributed by atoms with Crippen LogP contribution in [0.3, 0.4) is 0 Å².